The van der Waals surface area contributed by atoms with Crippen molar-refractivity contribution in [3.63, 3.8) is 0 Å². The van der Waals surface area contributed by atoms with Gasteiger partial charge >= 0.3 is 0 Å². The number of nitrogens with one attached hydrogen (secondary N) is 2. The largest absolute Gasteiger partial charge is 0.357 e. The maximum atomic E-state index is 12.5. The number of fused-ring (bicyclic) bond motifs is 1. The van der Waals surface area contributed by atoms with Crippen LogP contribution in [0.15, 0.2) is 0 Å². The van der Waals surface area contributed by atoms with Crippen LogP contribution in [0.5, 0.6) is 0 Å². The maximum absolute atomic E-state index is 12.5. The molecule has 0 aromatic carbocycles. The van der Waals surface area contributed by atoms with Crippen LogP contribution in [-0.4, -0.2) is 52.6 Å². The van der Waals surface area contributed by atoms with Gasteiger partial charge in [0.25, 0.3) is 0 Å². The van der Waals surface area contributed by atoms with E-state index in [1.54, 1.807) is 11.9 Å². The summed E-state index contributed by atoms with van der Waals surface area (Å²) in [5.74, 6) is -0.150. The third kappa shape index (κ3) is 3.24. The summed E-state index contributed by atoms with van der Waals surface area (Å²) < 4.78 is 0. The predicted octanol–water partition coefficient (Wildman–Crippen LogP) is -0.105. The van der Waals surface area contributed by atoms with Crippen molar-refractivity contribution in [2.24, 2.45) is 5.73 Å². The van der Waals surface area contributed by atoms with Crippen molar-refractivity contribution < 1.29 is 9.59 Å². The number of likely N-dealkylation sites (N-methyl/N-ethyl adjacent to an activating group) is 1. The van der Waals surface area contributed by atoms with Gasteiger partial charge in [-0.25, -0.2) is 0 Å². The molecule has 126 valence electrons. The summed E-state index contributed by atoms with van der Waals surface area (Å²) in [6.07, 6.45) is 6.01. The van der Waals surface area contributed by atoms with Gasteiger partial charge in [0.2, 0.25) is 11.8 Å². The molecule has 2 aliphatic rings. The SMILES string of the molecule is CNC(=O)[C@@H]1C[C@H](N)CN1C(=O)CCc1n[nH]c2c1CCCC2. The summed E-state index contributed by atoms with van der Waals surface area (Å²) in [5, 5.41) is 10.1. The Bertz CT molecular complexity index is 597. The second-order valence-electron chi connectivity index (χ2n) is 6.51. The van der Waals surface area contributed by atoms with Crippen LogP contribution in [0, 0.1) is 0 Å². The lowest BCUT2D eigenvalue weighted by molar-refractivity contribution is -0.138. The summed E-state index contributed by atoms with van der Waals surface area (Å²) in [7, 11) is 1.59. The van der Waals surface area contributed by atoms with Gasteiger partial charge in [-0.1, -0.05) is 0 Å². The van der Waals surface area contributed by atoms with Gasteiger partial charge < -0.3 is 16.0 Å². The summed E-state index contributed by atoms with van der Waals surface area (Å²) >= 11 is 0. The number of H-pyrrole nitrogens is 1. The molecule has 1 saturated heterocycles. The molecule has 0 bridgehead atoms. The number of aromatic nitrogens is 2. The van der Waals surface area contributed by atoms with Crippen molar-refractivity contribution in [2.75, 3.05) is 13.6 Å². The molecule has 0 radical (unpaired) electrons. The van der Waals surface area contributed by atoms with Crippen LogP contribution < -0.4 is 11.1 Å². The summed E-state index contributed by atoms with van der Waals surface area (Å²) in [6.45, 7) is 0.454. The number of hydrogen-bond acceptors (Lipinski definition) is 4. The Kier molecular flexibility index (Phi) is 4.66. The van der Waals surface area contributed by atoms with E-state index in [0.29, 0.717) is 25.8 Å². The Morgan fingerprint density at radius 3 is 2.96 bits per heavy atom. The van der Waals surface area contributed by atoms with E-state index >= 15 is 0 Å². The van der Waals surface area contributed by atoms with Gasteiger partial charge in [0.15, 0.2) is 0 Å². The van der Waals surface area contributed by atoms with E-state index in [2.05, 4.69) is 15.5 Å². The van der Waals surface area contributed by atoms with Crippen molar-refractivity contribution in [1.29, 1.82) is 0 Å². The Labute approximate surface area is 136 Å². The number of nitrogens with zero attached hydrogens (tertiary/aromatic N) is 2. The molecule has 1 aromatic heterocycles. The van der Waals surface area contributed by atoms with Crippen LogP contribution in [0.25, 0.3) is 0 Å². The smallest absolute Gasteiger partial charge is 0.242 e. The number of aryl methyl sites for hydroxylation is 2. The molecule has 3 rings (SSSR count). The number of carbonyl (C=O) groups excluding carboxylic acids is 2. The highest BCUT2D eigenvalue weighted by molar-refractivity contribution is 5.88. The van der Waals surface area contributed by atoms with Gasteiger partial charge in [-0.05, 0) is 37.7 Å². The molecule has 1 aliphatic carbocycles. The first kappa shape index (κ1) is 16.0. The van der Waals surface area contributed by atoms with Crippen molar-refractivity contribution in [1.82, 2.24) is 20.4 Å². The van der Waals surface area contributed by atoms with Crippen molar-refractivity contribution in [2.45, 2.75) is 57.0 Å². The van der Waals surface area contributed by atoms with E-state index in [-0.39, 0.29) is 17.9 Å². The Balaban J connectivity index is 1.62. The van der Waals surface area contributed by atoms with Gasteiger partial charge in [-0.15, -0.1) is 0 Å². The van der Waals surface area contributed by atoms with Crippen molar-refractivity contribution >= 4 is 11.8 Å². The first-order valence-electron chi connectivity index (χ1n) is 8.41. The molecule has 1 aromatic rings. The molecule has 0 spiro atoms. The fourth-order valence-corrected chi connectivity index (χ4v) is 3.68. The lowest BCUT2D eigenvalue weighted by Gasteiger charge is -2.23. The number of amides is 2. The summed E-state index contributed by atoms with van der Waals surface area (Å²) in [6, 6.07) is -0.560. The first-order chi connectivity index (χ1) is 11.1. The molecule has 7 nitrogen and oxygen atoms in total. The van der Waals surface area contributed by atoms with E-state index in [4.69, 9.17) is 5.73 Å². The molecule has 0 unspecified atom stereocenters. The molecule has 23 heavy (non-hydrogen) atoms. The fraction of sp³-hybridized carbons (Fsp3) is 0.688. The molecule has 1 aliphatic heterocycles. The number of rotatable bonds is 4. The molecular weight excluding hydrogens is 294 g/mol. The minimum Gasteiger partial charge on any atom is -0.357 e. The number of aromatic amines is 1. The minimum absolute atomic E-state index is 0.0147. The van der Waals surface area contributed by atoms with Gasteiger partial charge in [-0.2, -0.15) is 5.10 Å². The second kappa shape index (κ2) is 6.70. The lowest BCUT2D eigenvalue weighted by atomic mass is 9.94. The molecule has 4 N–H and O–H groups in total. The number of carbonyl (C=O) groups is 2. The number of likely N-dealkylation sites (tertiary alicyclic amines) is 1. The third-order valence-corrected chi connectivity index (χ3v) is 4.92. The maximum Gasteiger partial charge on any atom is 0.242 e. The Hall–Kier alpha value is -1.89. The topological polar surface area (TPSA) is 104 Å². The van der Waals surface area contributed by atoms with E-state index in [1.807, 2.05) is 0 Å². The predicted molar refractivity (Wildman–Crippen MR) is 85.7 cm³/mol. The zero-order chi connectivity index (χ0) is 16.4. The molecule has 2 amide bonds. The normalized spacial score (nSPS) is 23.7. The lowest BCUT2D eigenvalue weighted by Crippen LogP contribution is -2.45. The number of hydrogen-bond donors (Lipinski definition) is 3. The highest BCUT2D eigenvalue weighted by Crippen LogP contribution is 2.24. The highest BCUT2D eigenvalue weighted by Gasteiger charge is 2.37. The van der Waals surface area contributed by atoms with E-state index in [1.165, 1.54) is 24.1 Å². The minimum atomic E-state index is -0.435. The number of nitrogens with two attached hydrogens (primary N) is 1. The Morgan fingerprint density at radius 1 is 1.39 bits per heavy atom. The standard InChI is InChI=1S/C16H25N5O2/c1-18-16(23)14-8-10(17)9-21(14)15(22)7-6-13-11-4-2-3-5-12(11)19-20-13/h10,14H,2-9,17H2,1H3,(H,18,23)(H,19,20)/t10-,14-/m0/s1. The first-order valence-corrected chi connectivity index (χ1v) is 8.41. The van der Waals surface area contributed by atoms with Crippen LogP contribution in [-0.2, 0) is 28.9 Å². The van der Waals surface area contributed by atoms with E-state index in [9.17, 15) is 9.59 Å². The molecule has 1 fully saturated rings. The van der Waals surface area contributed by atoms with Crippen molar-refractivity contribution in [3.05, 3.63) is 17.0 Å². The Morgan fingerprint density at radius 2 is 2.17 bits per heavy atom. The van der Waals surface area contributed by atoms with Crippen LogP contribution in [0.4, 0.5) is 0 Å². The quantitative estimate of drug-likeness (QED) is 0.720. The van der Waals surface area contributed by atoms with Crippen molar-refractivity contribution in [3.8, 4) is 0 Å². The van der Waals surface area contributed by atoms with Crippen LogP contribution in [0.3, 0.4) is 0 Å². The zero-order valence-corrected chi connectivity index (χ0v) is 13.6. The highest BCUT2D eigenvalue weighted by atomic mass is 16.2. The monoisotopic (exact) mass is 319 g/mol. The van der Waals surface area contributed by atoms with E-state index < -0.39 is 6.04 Å². The van der Waals surface area contributed by atoms with Crippen LogP contribution >= 0.6 is 0 Å². The van der Waals surface area contributed by atoms with E-state index in [0.717, 1.165) is 18.5 Å². The van der Waals surface area contributed by atoms with Gasteiger partial charge in [0, 0.05) is 38.2 Å². The van der Waals surface area contributed by atoms with Gasteiger partial charge in [0.1, 0.15) is 6.04 Å². The molecular formula is C16H25N5O2. The third-order valence-electron chi connectivity index (χ3n) is 4.92. The van der Waals surface area contributed by atoms with Gasteiger partial charge in [0.05, 0.1) is 5.69 Å². The molecule has 7 heteroatoms. The van der Waals surface area contributed by atoms with Crippen LogP contribution in [0.1, 0.15) is 42.6 Å². The second-order valence-corrected chi connectivity index (χ2v) is 6.51. The molecule has 2 atom stereocenters. The average molecular weight is 319 g/mol. The fourth-order valence-electron chi connectivity index (χ4n) is 3.68. The molecule has 2 heterocycles. The summed E-state index contributed by atoms with van der Waals surface area (Å²) in [4.78, 5) is 26.1. The molecule has 0 saturated carbocycles. The van der Waals surface area contributed by atoms with Crippen LogP contribution in [0.2, 0.25) is 0 Å². The summed E-state index contributed by atoms with van der Waals surface area (Å²) in [5.41, 5.74) is 9.47. The average Bonchev–Trinajstić information content (AvgIpc) is 3.15. The van der Waals surface area contributed by atoms with Gasteiger partial charge in [-0.3, -0.25) is 14.7 Å². The zero-order valence-electron chi connectivity index (χ0n) is 13.6.